The van der Waals surface area contributed by atoms with Crippen LogP contribution in [0.4, 0.5) is 17.1 Å². The number of nitro groups is 1. The van der Waals surface area contributed by atoms with Crippen molar-refractivity contribution >= 4 is 35.0 Å². The number of phenolic OH excluding ortho intramolecular Hbond substituents is 1. The SMILES string of the molecule is COc1cc(C=C(C(=O)Nc2ccccc2C)C(=O)Nc2ccccc2C)cc([N+](=O)[O-])c1O. The second-order valence-electron chi connectivity index (χ2n) is 7.44. The molecular weight excluding hydrogens is 438 g/mol. The number of anilines is 2. The number of hydrogen-bond donors (Lipinski definition) is 3. The van der Waals surface area contributed by atoms with Gasteiger partial charge in [-0.1, -0.05) is 36.4 Å². The average Bonchev–Trinajstić information content (AvgIpc) is 2.80. The van der Waals surface area contributed by atoms with Crippen LogP contribution < -0.4 is 15.4 Å². The molecule has 9 heteroatoms. The van der Waals surface area contributed by atoms with Gasteiger partial charge in [-0.15, -0.1) is 0 Å². The fourth-order valence-corrected chi connectivity index (χ4v) is 3.20. The predicted molar refractivity (Wildman–Crippen MR) is 129 cm³/mol. The number of nitrogens with zero attached hydrogens (tertiary/aromatic N) is 1. The van der Waals surface area contributed by atoms with Crippen molar-refractivity contribution in [2.45, 2.75) is 13.8 Å². The second kappa shape index (κ2) is 10.3. The van der Waals surface area contributed by atoms with E-state index in [1.54, 1.807) is 50.2 Å². The number of carbonyl (C=O) groups excluding carboxylic acids is 2. The van der Waals surface area contributed by atoms with E-state index in [-0.39, 0.29) is 16.9 Å². The lowest BCUT2D eigenvalue weighted by Gasteiger charge is -2.13. The number of aromatic hydroxyl groups is 1. The molecule has 0 saturated heterocycles. The molecule has 0 heterocycles. The van der Waals surface area contributed by atoms with Gasteiger partial charge in [0.2, 0.25) is 5.75 Å². The Morgan fingerprint density at radius 3 is 1.88 bits per heavy atom. The molecular formula is C25H23N3O6. The van der Waals surface area contributed by atoms with E-state index in [1.807, 2.05) is 12.1 Å². The van der Waals surface area contributed by atoms with Crippen molar-refractivity contribution in [1.29, 1.82) is 0 Å². The molecule has 0 atom stereocenters. The molecule has 3 aromatic rings. The summed E-state index contributed by atoms with van der Waals surface area (Å²) in [6, 6.07) is 16.5. The number of phenols is 1. The highest BCUT2D eigenvalue weighted by Crippen LogP contribution is 2.37. The number of nitrogens with one attached hydrogen (secondary N) is 2. The molecule has 3 aromatic carbocycles. The van der Waals surface area contributed by atoms with Gasteiger partial charge in [-0.05, 0) is 54.8 Å². The predicted octanol–water partition coefficient (Wildman–Crippen LogP) is 4.59. The third kappa shape index (κ3) is 5.39. The molecule has 3 rings (SSSR count). The van der Waals surface area contributed by atoms with Crippen molar-refractivity contribution < 1.29 is 24.4 Å². The Morgan fingerprint density at radius 2 is 1.44 bits per heavy atom. The molecule has 0 aliphatic carbocycles. The molecule has 0 aliphatic rings. The number of carbonyl (C=O) groups is 2. The molecule has 3 N–H and O–H groups in total. The van der Waals surface area contributed by atoms with Crippen LogP contribution in [0.15, 0.2) is 66.2 Å². The lowest BCUT2D eigenvalue weighted by molar-refractivity contribution is -0.386. The molecule has 0 spiro atoms. The molecule has 9 nitrogen and oxygen atoms in total. The van der Waals surface area contributed by atoms with Crippen molar-refractivity contribution in [3.8, 4) is 11.5 Å². The van der Waals surface area contributed by atoms with Crippen molar-refractivity contribution in [3.63, 3.8) is 0 Å². The summed E-state index contributed by atoms with van der Waals surface area (Å²) >= 11 is 0. The number of hydrogen-bond acceptors (Lipinski definition) is 6. The first kappa shape index (κ1) is 24.0. The molecule has 174 valence electrons. The van der Waals surface area contributed by atoms with Crippen molar-refractivity contribution in [3.05, 3.63) is 93.0 Å². The lowest BCUT2D eigenvalue weighted by atomic mass is 10.1. The second-order valence-corrected chi connectivity index (χ2v) is 7.44. The molecule has 0 radical (unpaired) electrons. The van der Waals surface area contributed by atoms with Gasteiger partial charge in [-0.2, -0.15) is 0 Å². The van der Waals surface area contributed by atoms with E-state index in [0.717, 1.165) is 17.2 Å². The number of ether oxygens (including phenoxy) is 1. The highest BCUT2D eigenvalue weighted by Gasteiger charge is 2.23. The zero-order chi connectivity index (χ0) is 24.8. The Kier molecular flexibility index (Phi) is 7.27. The Hall–Kier alpha value is -4.66. The molecule has 0 aromatic heterocycles. The van der Waals surface area contributed by atoms with Crippen molar-refractivity contribution in [2.24, 2.45) is 0 Å². The van der Waals surface area contributed by atoms with Gasteiger partial charge in [-0.3, -0.25) is 19.7 Å². The largest absolute Gasteiger partial charge is 0.500 e. The van der Waals surface area contributed by atoms with Gasteiger partial charge in [0.25, 0.3) is 11.8 Å². The number of para-hydroxylation sites is 2. The average molecular weight is 461 g/mol. The Morgan fingerprint density at radius 1 is 0.941 bits per heavy atom. The van der Waals surface area contributed by atoms with E-state index in [4.69, 9.17) is 4.74 Å². The van der Waals surface area contributed by atoms with Crippen molar-refractivity contribution in [2.75, 3.05) is 17.7 Å². The summed E-state index contributed by atoms with van der Waals surface area (Å²) in [6.07, 6.45) is 1.20. The molecule has 0 bridgehead atoms. The summed E-state index contributed by atoms with van der Waals surface area (Å²) in [5.74, 6) is -2.25. The first-order chi connectivity index (χ1) is 16.2. The van der Waals surface area contributed by atoms with Crippen LogP contribution in [-0.2, 0) is 9.59 Å². The fraction of sp³-hybridized carbons (Fsp3) is 0.120. The van der Waals surface area contributed by atoms with Crippen molar-refractivity contribution in [1.82, 2.24) is 0 Å². The minimum absolute atomic E-state index is 0.121. The summed E-state index contributed by atoms with van der Waals surface area (Å²) in [7, 11) is 1.24. The van der Waals surface area contributed by atoms with Crippen LogP contribution in [0.2, 0.25) is 0 Å². The summed E-state index contributed by atoms with van der Waals surface area (Å²) < 4.78 is 5.02. The van der Waals surface area contributed by atoms with E-state index in [2.05, 4.69) is 10.6 Å². The monoisotopic (exact) mass is 461 g/mol. The van der Waals surface area contributed by atoms with Crippen LogP contribution in [-0.4, -0.2) is 29.0 Å². The molecule has 0 fully saturated rings. The van der Waals surface area contributed by atoms with Crippen LogP contribution >= 0.6 is 0 Å². The van der Waals surface area contributed by atoms with Gasteiger partial charge >= 0.3 is 5.69 Å². The standard InChI is InChI=1S/C25H23N3O6/c1-15-8-4-6-10-19(15)26-24(30)18(25(31)27-20-11-7-5-9-16(20)2)12-17-13-21(28(32)33)23(29)22(14-17)34-3/h4-14,29H,1-3H3,(H,26,30)(H,27,31). The lowest BCUT2D eigenvalue weighted by Crippen LogP contribution is -2.26. The smallest absolute Gasteiger partial charge is 0.315 e. The summed E-state index contributed by atoms with van der Waals surface area (Å²) in [5, 5.41) is 26.8. The number of amides is 2. The molecule has 34 heavy (non-hydrogen) atoms. The maximum absolute atomic E-state index is 13.2. The number of benzene rings is 3. The van der Waals surface area contributed by atoms with Gasteiger partial charge < -0.3 is 20.5 Å². The maximum Gasteiger partial charge on any atom is 0.315 e. The third-order valence-electron chi connectivity index (χ3n) is 5.08. The fourth-order valence-electron chi connectivity index (χ4n) is 3.20. The minimum atomic E-state index is -0.782. The van der Waals surface area contributed by atoms with Crippen LogP contribution in [0.3, 0.4) is 0 Å². The Labute approximate surface area is 195 Å². The third-order valence-corrected chi connectivity index (χ3v) is 5.08. The zero-order valence-corrected chi connectivity index (χ0v) is 18.8. The van der Waals surface area contributed by atoms with Gasteiger partial charge in [0, 0.05) is 17.4 Å². The van der Waals surface area contributed by atoms with E-state index < -0.39 is 28.2 Å². The quantitative estimate of drug-likeness (QED) is 0.155. The van der Waals surface area contributed by atoms with Gasteiger partial charge in [-0.25, -0.2) is 0 Å². The minimum Gasteiger partial charge on any atom is -0.500 e. The number of nitro benzene ring substituents is 1. The van der Waals surface area contributed by atoms with Crippen LogP contribution in [0.25, 0.3) is 6.08 Å². The topological polar surface area (TPSA) is 131 Å². The van der Waals surface area contributed by atoms with Gasteiger partial charge in [0.05, 0.1) is 12.0 Å². The first-order valence-corrected chi connectivity index (χ1v) is 10.2. The van der Waals surface area contributed by atoms with E-state index in [1.165, 1.54) is 19.3 Å². The van der Waals surface area contributed by atoms with Crippen LogP contribution in [0, 0.1) is 24.0 Å². The maximum atomic E-state index is 13.2. The summed E-state index contributed by atoms with van der Waals surface area (Å²) in [6.45, 7) is 3.61. The molecule has 2 amide bonds. The Balaban J connectivity index is 2.08. The summed E-state index contributed by atoms with van der Waals surface area (Å²) in [5.41, 5.74) is 1.80. The van der Waals surface area contributed by atoms with E-state index in [0.29, 0.717) is 11.4 Å². The summed E-state index contributed by atoms with van der Waals surface area (Å²) in [4.78, 5) is 36.9. The normalized spacial score (nSPS) is 10.2. The van der Waals surface area contributed by atoms with Crippen LogP contribution in [0.1, 0.15) is 16.7 Å². The highest BCUT2D eigenvalue weighted by atomic mass is 16.6. The molecule has 0 saturated carbocycles. The number of methoxy groups -OCH3 is 1. The number of rotatable bonds is 7. The van der Waals surface area contributed by atoms with Crippen LogP contribution in [0.5, 0.6) is 11.5 Å². The van der Waals surface area contributed by atoms with E-state index in [9.17, 15) is 24.8 Å². The molecule has 0 aliphatic heterocycles. The Bertz CT molecular complexity index is 1240. The zero-order valence-electron chi connectivity index (χ0n) is 18.8. The highest BCUT2D eigenvalue weighted by molar-refractivity contribution is 6.29. The van der Waals surface area contributed by atoms with E-state index >= 15 is 0 Å². The first-order valence-electron chi connectivity index (χ1n) is 10.2. The van der Waals surface area contributed by atoms with Gasteiger partial charge in [0.1, 0.15) is 5.57 Å². The molecule has 0 unspecified atom stereocenters. The van der Waals surface area contributed by atoms with Gasteiger partial charge in [0.15, 0.2) is 5.75 Å². The number of aryl methyl sites for hydroxylation is 2.